The van der Waals surface area contributed by atoms with Crippen LogP contribution in [0.3, 0.4) is 0 Å². The molecular weight excluding hydrogens is 243 g/mol. The molecule has 2 nitrogen and oxygen atoms in total. The highest BCUT2D eigenvalue weighted by Gasteiger charge is 2.39. The molecule has 2 N–H and O–H groups in total. The van der Waals surface area contributed by atoms with Crippen LogP contribution in [0.2, 0.25) is 0 Å². The lowest BCUT2D eigenvalue weighted by Gasteiger charge is -2.26. The highest BCUT2D eigenvalue weighted by atomic mass is 19.4. The summed E-state index contributed by atoms with van der Waals surface area (Å²) in [7, 11) is 0. The van der Waals surface area contributed by atoms with Crippen LogP contribution in [0.4, 0.5) is 13.2 Å². The Balaban J connectivity index is 3.30. The minimum atomic E-state index is -4.53. The Morgan fingerprint density at radius 1 is 1.28 bits per heavy atom. The topological polar surface area (TPSA) is 43.1 Å². The predicted molar refractivity (Wildman–Crippen MR) is 63.2 cm³/mol. The summed E-state index contributed by atoms with van der Waals surface area (Å²) in [5.74, 6) is -0.555. The van der Waals surface area contributed by atoms with Gasteiger partial charge in [0.15, 0.2) is 5.78 Å². The van der Waals surface area contributed by atoms with Crippen LogP contribution in [0.5, 0.6) is 0 Å². The molecule has 0 aromatic heterocycles. The molecule has 1 aromatic carbocycles. The van der Waals surface area contributed by atoms with E-state index < -0.39 is 22.9 Å². The first-order valence-corrected chi connectivity index (χ1v) is 5.67. The van der Waals surface area contributed by atoms with Gasteiger partial charge in [0.2, 0.25) is 0 Å². The summed E-state index contributed by atoms with van der Waals surface area (Å²) in [5.41, 5.74) is 3.35. The number of Topliss-reactive ketones (excluding diaryl/α,β-unsaturated/α-hetero) is 1. The van der Waals surface area contributed by atoms with Crippen LogP contribution < -0.4 is 5.73 Å². The number of hydrogen-bond donors (Lipinski definition) is 1. The van der Waals surface area contributed by atoms with Crippen molar-refractivity contribution in [2.24, 2.45) is 11.1 Å². The van der Waals surface area contributed by atoms with Crippen LogP contribution in [0.15, 0.2) is 24.3 Å². The first-order chi connectivity index (χ1) is 8.26. The lowest BCUT2D eigenvalue weighted by atomic mass is 9.79. The highest BCUT2D eigenvalue weighted by Crippen LogP contribution is 2.35. The Morgan fingerprint density at radius 3 is 2.28 bits per heavy atom. The number of carbonyl (C=O) groups excluding carboxylic acids is 1. The standard InChI is InChI=1S/C13H16F3NO/c1-3-12(2,8-17)11(18)9-6-4-5-7-10(9)13(14,15)16/h4-7H,3,8,17H2,1-2H3. The van der Waals surface area contributed by atoms with Crippen molar-refractivity contribution >= 4 is 5.78 Å². The highest BCUT2D eigenvalue weighted by molar-refractivity contribution is 6.01. The fourth-order valence-electron chi connectivity index (χ4n) is 1.65. The third-order valence-corrected chi connectivity index (χ3v) is 3.26. The fraction of sp³-hybridized carbons (Fsp3) is 0.462. The second-order valence-electron chi connectivity index (χ2n) is 4.49. The number of alkyl halides is 3. The number of hydrogen-bond acceptors (Lipinski definition) is 2. The lowest BCUT2D eigenvalue weighted by molar-refractivity contribution is -0.138. The number of benzene rings is 1. The Morgan fingerprint density at radius 2 is 1.83 bits per heavy atom. The second-order valence-corrected chi connectivity index (χ2v) is 4.49. The van der Waals surface area contributed by atoms with Crippen molar-refractivity contribution in [3.8, 4) is 0 Å². The average molecular weight is 259 g/mol. The summed E-state index contributed by atoms with van der Waals surface area (Å²) in [6.45, 7) is 3.35. The van der Waals surface area contributed by atoms with E-state index in [9.17, 15) is 18.0 Å². The maximum Gasteiger partial charge on any atom is 0.417 e. The Hall–Kier alpha value is -1.36. The first-order valence-electron chi connectivity index (χ1n) is 5.67. The minimum Gasteiger partial charge on any atom is -0.329 e. The summed E-state index contributed by atoms with van der Waals surface area (Å²) in [5, 5.41) is 0. The van der Waals surface area contributed by atoms with Gasteiger partial charge in [0.05, 0.1) is 5.56 Å². The molecule has 0 aliphatic heterocycles. The summed E-state index contributed by atoms with van der Waals surface area (Å²) in [6.07, 6.45) is -4.13. The zero-order valence-electron chi connectivity index (χ0n) is 10.3. The van der Waals surface area contributed by atoms with Crippen molar-refractivity contribution in [1.29, 1.82) is 0 Å². The van der Waals surface area contributed by atoms with Crippen LogP contribution in [-0.4, -0.2) is 12.3 Å². The molecule has 0 bridgehead atoms. The smallest absolute Gasteiger partial charge is 0.329 e. The van der Waals surface area contributed by atoms with Crippen molar-refractivity contribution in [2.75, 3.05) is 6.54 Å². The van der Waals surface area contributed by atoms with Crippen LogP contribution in [-0.2, 0) is 6.18 Å². The third kappa shape index (κ3) is 2.72. The largest absolute Gasteiger partial charge is 0.417 e. The molecule has 0 saturated carbocycles. The van der Waals surface area contributed by atoms with Gasteiger partial charge in [-0.05, 0) is 12.5 Å². The Bertz CT molecular complexity index is 436. The number of rotatable bonds is 4. The average Bonchev–Trinajstić information content (AvgIpc) is 2.36. The SMILES string of the molecule is CCC(C)(CN)C(=O)c1ccccc1C(F)(F)F. The van der Waals surface area contributed by atoms with Gasteiger partial charge in [-0.2, -0.15) is 13.2 Å². The van der Waals surface area contributed by atoms with Crippen molar-refractivity contribution < 1.29 is 18.0 Å². The van der Waals surface area contributed by atoms with Gasteiger partial charge in [0, 0.05) is 17.5 Å². The van der Waals surface area contributed by atoms with E-state index in [1.165, 1.54) is 18.2 Å². The van der Waals surface area contributed by atoms with Crippen LogP contribution in [0, 0.1) is 5.41 Å². The molecule has 5 heteroatoms. The molecule has 0 saturated heterocycles. The number of ketones is 1. The summed E-state index contributed by atoms with van der Waals surface area (Å²) in [6, 6.07) is 4.81. The molecule has 1 unspecified atom stereocenters. The van der Waals surface area contributed by atoms with E-state index in [1.54, 1.807) is 13.8 Å². The van der Waals surface area contributed by atoms with E-state index in [-0.39, 0.29) is 12.1 Å². The van der Waals surface area contributed by atoms with Crippen molar-refractivity contribution in [1.82, 2.24) is 0 Å². The zero-order valence-corrected chi connectivity index (χ0v) is 10.3. The number of nitrogens with two attached hydrogens (primary N) is 1. The summed E-state index contributed by atoms with van der Waals surface area (Å²) >= 11 is 0. The molecule has 0 aliphatic rings. The minimum absolute atomic E-state index is 0.0223. The number of carbonyl (C=O) groups is 1. The van der Waals surface area contributed by atoms with Crippen LogP contribution in [0.1, 0.15) is 36.2 Å². The third-order valence-electron chi connectivity index (χ3n) is 3.26. The van der Waals surface area contributed by atoms with Gasteiger partial charge in [0.1, 0.15) is 0 Å². The second kappa shape index (κ2) is 5.10. The molecular formula is C13H16F3NO. The molecule has 1 rings (SSSR count). The molecule has 0 spiro atoms. The maximum absolute atomic E-state index is 12.8. The van der Waals surface area contributed by atoms with Gasteiger partial charge in [-0.3, -0.25) is 4.79 Å². The van der Waals surface area contributed by atoms with Crippen LogP contribution >= 0.6 is 0 Å². The van der Waals surface area contributed by atoms with E-state index in [0.717, 1.165) is 6.07 Å². The molecule has 18 heavy (non-hydrogen) atoms. The molecule has 0 fully saturated rings. The molecule has 0 aliphatic carbocycles. The van der Waals surface area contributed by atoms with Crippen molar-refractivity contribution in [3.05, 3.63) is 35.4 Å². The van der Waals surface area contributed by atoms with Gasteiger partial charge >= 0.3 is 6.18 Å². The Labute approximate surface area is 104 Å². The van der Waals surface area contributed by atoms with E-state index in [0.29, 0.717) is 6.42 Å². The van der Waals surface area contributed by atoms with Gasteiger partial charge in [-0.15, -0.1) is 0 Å². The van der Waals surface area contributed by atoms with E-state index in [1.807, 2.05) is 0 Å². The summed E-state index contributed by atoms with van der Waals surface area (Å²) in [4.78, 5) is 12.2. The first kappa shape index (κ1) is 14.7. The molecule has 0 heterocycles. The van der Waals surface area contributed by atoms with Gasteiger partial charge in [-0.25, -0.2) is 0 Å². The van der Waals surface area contributed by atoms with Gasteiger partial charge in [-0.1, -0.05) is 32.0 Å². The van der Waals surface area contributed by atoms with E-state index in [4.69, 9.17) is 5.73 Å². The number of halogens is 3. The fourth-order valence-corrected chi connectivity index (χ4v) is 1.65. The molecule has 100 valence electrons. The van der Waals surface area contributed by atoms with Gasteiger partial charge in [0.25, 0.3) is 0 Å². The monoisotopic (exact) mass is 259 g/mol. The van der Waals surface area contributed by atoms with Crippen LogP contribution in [0.25, 0.3) is 0 Å². The van der Waals surface area contributed by atoms with E-state index in [2.05, 4.69) is 0 Å². The summed E-state index contributed by atoms with van der Waals surface area (Å²) < 4.78 is 38.5. The zero-order chi connectivity index (χ0) is 14.0. The van der Waals surface area contributed by atoms with Crippen molar-refractivity contribution in [2.45, 2.75) is 26.4 Å². The maximum atomic E-state index is 12.8. The molecule has 1 aromatic rings. The predicted octanol–water partition coefficient (Wildman–Crippen LogP) is 3.26. The lowest BCUT2D eigenvalue weighted by Crippen LogP contribution is -2.36. The molecule has 1 atom stereocenters. The van der Waals surface area contributed by atoms with Crippen molar-refractivity contribution in [3.63, 3.8) is 0 Å². The van der Waals surface area contributed by atoms with E-state index >= 15 is 0 Å². The normalized spacial score (nSPS) is 15.2. The quantitative estimate of drug-likeness (QED) is 0.843. The Kier molecular flexibility index (Phi) is 4.16. The van der Waals surface area contributed by atoms with Gasteiger partial charge < -0.3 is 5.73 Å². The molecule has 0 amide bonds. The molecule has 0 radical (unpaired) electrons.